The van der Waals surface area contributed by atoms with E-state index in [9.17, 15) is 0 Å². The van der Waals surface area contributed by atoms with Crippen molar-refractivity contribution in [2.75, 3.05) is 13.7 Å². The topological polar surface area (TPSA) is 49.3 Å². The lowest BCUT2D eigenvalue weighted by Gasteiger charge is -2.12. The summed E-state index contributed by atoms with van der Waals surface area (Å²) in [4.78, 5) is 4.78. The number of benzene rings is 2. The second-order valence-electron chi connectivity index (χ2n) is 5.66. The van der Waals surface area contributed by atoms with Crippen LogP contribution in [0.15, 0.2) is 57.1 Å². The summed E-state index contributed by atoms with van der Waals surface area (Å²) >= 11 is 6.60. The molecule has 2 aromatic rings. The molecule has 0 bridgehead atoms. The summed E-state index contributed by atoms with van der Waals surface area (Å²) in [5.41, 5.74) is 0.744. The van der Waals surface area contributed by atoms with Gasteiger partial charge in [0.05, 0.1) is 15.7 Å². The second kappa shape index (κ2) is 11.0. The summed E-state index contributed by atoms with van der Waals surface area (Å²) in [6, 6.07) is 13.0. The first kappa shape index (κ1) is 21.3. The molecular formula is C20H21Br2NO4. The lowest BCUT2D eigenvalue weighted by molar-refractivity contribution is 0.215. The smallest absolute Gasteiger partial charge is 0.128 e. The van der Waals surface area contributed by atoms with Crippen LogP contribution in [0.25, 0.3) is 0 Å². The van der Waals surface area contributed by atoms with Gasteiger partial charge in [0, 0.05) is 5.56 Å². The number of oxime groups is 1. The highest BCUT2D eigenvalue weighted by Gasteiger charge is 2.06. The largest absolute Gasteiger partial charge is 0.491 e. The molecule has 0 aliphatic rings. The van der Waals surface area contributed by atoms with Crippen LogP contribution in [0.3, 0.4) is 0 Å². The number of nitrogens with zero attached hydrogens (tertiary/aromatic N) is 1. The third kappa shape index (κ3) is 7.64. The molecule has 0 heterocycles. The van der Waals surface area contributed by atoms with E-state index in [0.717, 1.165) is 14.7 Å². The van der Waals surface area contributed by atoms with Crippen molar-refractivity contribution < 1.29 is 19.0 Å². The SMILES string of the molecule is CO/N=C/c1cc(Oc2ccc(OC(C)C)cc2)ccc1OCC=C(Br)Br. The quantitative estimate of drug-likeness (QED) is 0.302. The van der Waals surface area contributed by atoms with Crippen molar-refractivity contribution >= 4 is 38.1 Å². The molecule has 0 amide bonds. The number of hydrogen-bond donors (Lipinski definition) is 0. The van der Waals surface area contributed by atoms with E-state index in [1.165, 1.54) is 7.11 Å². The van der Waals surface area contributed by atoms with Gasteiger partial charge in [-0.1, -0.05) is 5.16 Å². The Labute approximate surface area is 176 Å². The van der Waals surface area contributed by atoms with E-state index in [4.69, 9.17) is 19.0 Å². The summed E-state index contributed by atoms with van der Waals surface area (Å²) in [5.74, 6) is 2.84. The molecule has 0 saturated heterocycles. The van der Waals surface area contributed by atoms with Crippen molar-refractivity contribution in [1.82, 2.24) is 0 Å². The van der Waals surface area contributed by atoms with Gasteiger partial charge in [-0.05, 0) is 94.2 Å². The predicted octanol–water partition coefficient (Wildman–Crippen LogP) is 6.26. The Hall–Kier alpha value is -1.99. The van der Waals surface area contributed by atoms with Crippen molar-refractivity contribution in [3.8, 4) is 23.0 Å². The molecule has 0 radical (unpaired) electrons. The molecule has 0 unspecified atom stereocenters. The van der Waals surface area contributed by atoms with Gasteiger partial charge in [-0.15, -0.1) is 0 Å². The molecule has 0 N–H and O–H groups in total. The van der Waals surface area contributed by atoms with Gasteiger partial charge in [0.15, 0.2) is 0 Å². The molecule has 0 aromatic heterocycles. The van der Waals surface area contributed by atoms with Crippen LogP contribution in [0.1, 0.15) is 19.4 Å². The molecular weight excluding hydrogens is 478 g/mol. The van der Waals surface area contributed by atoms with Crippen LogP contribution in [0, 0.1) is 0 Å². The number of hydrogen-bond acceptors (Lipinski definition) is 5. The van der Waals surface area contributed by atoms with Crippen LogP contribution in [0.5, 0.6) is 23.0 Å². The molecule has 0 fully saturated rings. The summed E-state index contributed by atoms with van der Waals surface area (Å²) in [7, 11) is 1.49. The lowest BCUT2D eigenvalue weighted by atomic mass is 10.2. The maximum atomic E-state index is 5.92. The first-order valence-electron chi connectivity index (χ1n) is 8.27. The average Bonchev–Trinajstić information content (AvgIpc) is 2.62. The van der Waals surface area contributed by atoms with E-state index in [-0.39, 0.29) is 6.10 Å². The van der Waals surface area contributed by atoms with Gasteiger partial charge in [-0.2, -0.15) is 0 Å². The molecule has 7 heteroatoms. The molecule has 2 rings (SSSR count). The molecule has 144 valence electrons. The average molecular weight is 499 g/mol. The first-order valence-corrected chi connectivity index (χ1v) is 9.85. The van der Waals surface area contributed by atoms with Crippen molar-refractivity contribution in [1.29, 1.82) is 0 Å². The van der Waals surface area contributed by atoms with E-state index in [0.29, 0.717) is 23.9 Å². The minimum Gasteiger partial charge on any atom is -0.491 e. The molecule has 0 spiro atoms. The molecule has 27 heavy (non-hydrogen) atoms. The van der Waals surface area contributed by atoms with Gasteiger partial charge in [0.2, 0.25) is 0 Å². The Bertz CT molecular complexity index is 785. The Kier molecular flexibility index (Phi) is 8.67. The van der Waals surface area contributed by atoms with Crippen LogP contribution < -0.4 is 14.2 Å². The van der Waals surface area contributed by atoms with E-state index in [1.807, 2.05) is 62.4 Å². The zero-order valence-electron chi connectivity index (χ0n) is 15.3. The van der Waals surface area contributed by atoms with Gasteiger partial charge in [0.1, 0.15) is 36.7 Å². The van der Waals surface area contributed by atoms with Crippen LogP contribution >= 0.6 is 31.9 Å². The van der Waals surface area contributed by atoms with Gasteiger partial charge in [-0.25, -0.2) is 0 Å². The van der Waals surface area contributed by atoms with Crippen molar-refractivity contribution in [3.05, 3.63) is 57.5 Å². The third-order valence-corrected chi connectivity index (χ3v) is 3.83. The maximum Gasteiger partial charge on any atom is 0.128 e. The fourth-order valence-electron chi connectivity index (χ4n) is 2.12. The van der Waals surface area contributed by atoms with E-state index >= 15 is 0 Å². The molecule has 2 aromatic carbocycles. The first-order chi connectivity index (χ1) is 13.0. The summed E-state index contributed by atoms with van der Waals surface area (Å²) in [5, 5.41) is 3.82. The monoisotopic (exact) mass is 497 g/mol. The molecule has 0 atom stereocenters. The Morgan fingerprint density at radius 3 is 2.33 bits per heavy atom. The number of rotatable bonds is 9. The van der Waals surface area contributed by atoms with E-state index < -0.39 is 0 Å². The standard InChI is InChI=1S/C20H21Br2NO4/c1-14(2)26-16-4-6-17(7-5-16)27-18-8-9-19(25-11-10-20(21)22)15(12-18)13-23-24-3/h4-10,12-14H,11H2,1-3H3/b23-13+. The fraction of sp³-hybridized carbons (Fsp3) is 0.250. The Balaban J connectivity index is 2.14. The van der Waals surface area contributed by atoms with Gasteiger partial charge in [0.25, 0.3) is 0 Å². The maximum absolute atomic E-state index is 5.92. The minimum atomic E-state index is 0.131. The van der Waals surface area contributed by atoms with Crippen LogP contribution in [-0.2, 0) is 4.84 Å². The third-order valence-electron chi connectivity index (χ3n) is 3.19. The Morgan fingerprint density at radius 2 is 1.70 bits per heavy atom. The van der Waals surface area contributed by atoms with Crippen LogP contribution in [0.4, 0.5) is 0 Å². The minimum absolute atomic E-state index is 0.131. The zero-order chi connectivity index (χ0) is 19.6. The van der Waals surface area contributed by atoms with Crippen molar-refractivity contribution in [2.24, 2.45) is 5.16 Å². The highest BCUT2D eigenvalue weighted by Crippen LogP contribution is 2.28. The number of ether oxygens (including phenoxy) is 3. The summed E-state index contributed by atoms with van der Waals surface area (Å²) in [6.07, 6.45) is 3.56. The molecule has 0 saturated carbocycles. The lowest BCUT2D eigenvalue weighted by Crippen LogP contribution is -2.05. The van der Waals surface area contributed by atoms with Crippen molar-refractivity contribution in [2.45, 2.75) is 20.0 Å². The molecule has 5 nitrogen and oxygen atoms in total. The van der Waals surface area contributed by atoms with Crippen LogP contribution in [0.2, 0.25) is 0 Å². The summed E-state index contributed by atoms with van der Waals surface area (Å²) < 4.78 is 18.1. The fourth-order valence-corrected chi connectivity index (χ4v) is 2.39. The highest BCUT2D eigenvalue weighted by molar-refractivity contribution is 9.28. The van der Waals surface area contributed by atoms with Gasteiger partial charge in [-0.3, -0.25) is 0 Å². The normalized spacial score (nSPS) is 10.7. The highest BCUT2D eigenvalue weighted by atomic mass is 79.9. The molecule has 0 aliphatic carbocycles. The van der Waals surface area contributed by atoms with E-state index in [2.05, 4.69) is 37.0 Å². The zero-order valence-corrected chi connectivity index (χ0v) is 18.5. The number of halogens is 2. The second-order valence-corrected chi connectivity index (χ2v) is 8.43. The van der Waals surface area contributed by atoms with Crippen molar-refractivity contribution in [3.63, 3.8) is 0 Å². The summed E-state index contributed by atoms with van der Waals surface area (Å²) in [6.45, 7) is 4.38. The predicted molar refractivity (Wildman–Crippen MR) is 115 cm³/mol. The van der Waals surface area contributed by atoms with E-state index in [1.54, 1.807) is 6.21 Å². The Morgan fingerprint density at radius 1 is 1.04 bits per heavy atom. The van der Waals surface area contributed by atoms with Gasteiger partial charge < -0.3 is 19.0 Å². The van der Waals surface area contributed by atoms with Crippen LogP contribution in [-0.4, -0.2) is 26.0 Å². The molecule has 0 aliphatic heterocycles. The van der Waals surface area contributed by atoms with Gasteiger partial charge >= 0.3 is 0 Å².